The summed E-state index contributed by atoms with van der Waals surface area (Å²) in [6.45, 7) is -1.17. The Morgan fingerprint density at radius 2 is 2.06 bits per heavy atom. The van der Waals surface area contributed by atoms with E-state index in [0.717, 1.165) is 17.7 Å². The van der Waals surface area contributed by atoms with Gasteiger partial charge in [-0.1, -0.05) is 0 Å². The summed E-state index contributed by atoms with van der Waals surface area (Å²) >= 11 is 0. The molecule has 0 bridgehead atoms. The zero-order valence-corrected chi connectivity index (χ0v) is 8.89. The van der Waals surface area contributed by atoms with Crippen LogP contribution in [0.2, 0.25) is 0 Å². The summed E-state index contributed by atoms with van der Waals surface area (Å²) in [5.74, 6) is -0.361. The number of hydrogen-bond donors (Lipinski definition) is 2. The molecular weight excluding hydrogens is 223 g/mol. The predicted molar refractivity (Wildman–Crippen MR) is 52.7 cm³/mol. The van der Waals surface area contributed by atoms with Gasteiger partial charge in [0.1, 0.15) is 0 Å². The van der Waals surface area contributed by atoms with Crippen LogP contribution in [-0.2, 0) is 4.79 Å². The standard InChI is InChI=1S/C9H16F3N3O/c10-9(11,12)6-15(4-3-13)5-8(16)14-7-1-2-7/h7H,1-6,13H2,(H,14,16). The number of carbonyl (C=O) groups is 1. The molecule has 1 rings (SSSR count). The van der Waals surface area contributed by atoms with Crippen molar-refractivity contribution in [1.82, 2.24) is 10.2 Å². The molecule has 0 radical (unpaired) electrons. The minimum Gasteiger partial charge on any atom is -0.352 e. The summed E-state index contributed by atoms with van der Waals surface area (Å²) in [5, 5.41) is 2.64. The predicted octanol–water partition coefficient (Wildman–Crippen LogP) is 0.0880. The third kappa shape index (κ3) is 5.92. The van der Waals surface area contributed by atoms with E-state index in [1.165, 1.54) is 0 Å². The van der Waals surface area contributed by atoms with E-state index in [-0.39, 0.29) is 31.6 Å². The lowest BCUT2D eigenvalue weighted by molar-refractivity contribution is -0.148. The number of halogens is 3. The first-order valence-electron chi connectivity index (χ1n) is 5.19. The molecule has 0 spiro atoms. The maximum absolute atomic E-state index is 12.1. The fourth-order valence-electron chi connectivity index (χ4n) is 1.35. The van der Waals surface area contributed by atoms with Crippen molar-refractivity contribution >= 4 is 5.91 Å². The lowest BCUT2D eigenvalue weighted by Gasteiger charge is -2.22. The summed E-state index contributed by atoms with van der Waals surface area (Å²) in [6, 6.07) is 0.165. The first-order valence-corrected chi connectivity index (χ1v) is 5.19. The molecule has 0 aromatic rings. The molecule has 1 fully saturated rings. The fourth-order valence-corrected chi connectivity index (χ4v) is 1.35. The van der Waals surface area contributed by atoms with Gasteiger partial charge in [-0.2, -0.15) is 13.2 Å². The van der Waals surface area contributed by atoms with Gasteiger partial charge in [0.05, 0.1) is 13.1 Å². The normalized spacial score (nSPS) is 16.6. The summed E-state index contributed by atoms with van der Waals surface area (Å²) in [5.41, 5.74) is 5.20. The van der Waals surface area contributed by atoms with Crippen LogP contribution in [0.15, 0.2) is 0 Å². The number of nitrogens with zero attached hydrogens (tertiary/aromatic N) is 1. The summed E-state index contributed by atoms with van der Waals surface area (Å²) in [6.07, 6.45) is -2.46. The topological polar surface area (TPSA) is 58.4 Å². The summed E-state index contributed by atoms with van der Waals surface area (Å²) in [7, 11) is 0. The molecule has 1 aliphatic rings. The monoisotopic (exact) mass is 239 g/mol. The zero-order chi connectivity index (χ0) is 12.2. The molecular formula is C9H16F3N3O. The van der Waals surface area contributed by atoms with Gasteiger partial charge in [0.15, 0.2) is 0 Å². The molecule has 0 aliphatic heterocycles. The maximum atomic E-state index is 12.1. The number of nitrogens with two attached hydrogens (primary N) is 1. The third-order valence-electron chi connectivity index (χ3n) is 2.16. The molecule has 0 atom stereocenters. The van der Waals surface area contributed by atoms with Crippen LogP contribution in [0, 0.1) is 0 Å². The second kappa shape index (κ2) is 5.49. The molecule has 0 aromatic heterocycles. The Bertz CT molecular complexity index is 241. The van der Waals surface area contributed by atoms with Gasteiger partial charge in [-0.3, -0.25) is 9.69 Å². The van der Waals surface area contributed by atoms with E-state index in [2.05, 4.69) is 5.32 Å². The van der Waals surface area contributed by atoms with Crippen LogP contribution in [0.1, 0.15) is 12.8 Å². The molecule has 0 aromatic carbocycles. The van der Waals surface area contributed by atoms with Gasteiger partial charge < -0.3 is 11.1 Å². The summed E-state index contributed by atoms with van der Waals surface area (Å²) < 4.78 is 36.4. The smallest absolute Gasteiger partial charge is 0.352 e. The second-order valence-electron chi connectivity index (χ2n) is 3.96. The molecule has 0 saturated heterocycles. The van der Waals surface area contributed by atoms with E-state index in [9.17, 15) is 18.0 Å². The number of rotatable bonds is 6. The lowest BCUT2D eigenvalue weighted by Crippen LogP contribution is -2.44. The van der Waals surface area contributed by atoms with E-state index in [4.69, 9.17) is 5.73 Å². The van der Waals surface area contributed by atoms with Gasteiger partial charge in [0, 0.05) is 19.1 Å². The third-order valence-corrected chi connectivity index (χ3v) is 2.16. The Balaban J connectivity index is 2.33. The highest BCUT2D eigenvalue weighted by molar-refractivity contribution is 5.78. The highest BCUT2D eigenvalue weighted by Gasteiger charge is 2.32. The van der Waals surface area contributed by atoms with Gasteiger partial charge in [-0.15, -0.1) is 0 Å². The van der Waals surface area contributed by atoms with Crippen molar-refractivity contribution in [2.75, 3.05) is 26.2 Å². The molecule has 4 nitrogen and oxygen atoms in total. The number of amides is 1. The average molecular weight is 239 g/mol. The number of hydrogen-bond acceptors (Lipinski definition) is 3. The molecule has 3 N–H and O–H groups in total. The first-order chi connectivity index (χ1) is 7.40. The van der Waals surface area contributed by atoms with Crippen LogP contribution in [-0.4, -0.2) is 49.2 Å². The number of carbonyl (C=O) groups excluding carboxylic acids is 1. The van der Waals surface area contributed by atoms with Crippen molar-refractivity contribution in [2.45, 2.75) is 25.1 Å². The quantitative estimate of drug-likeness (QED) is 0.690. The van der Waals surface area contributed by atoms with Crippen LogP contribution in [0.4, 0.5) is 13.2 Å². The zero-order valence-electron chi connectivity index (χ0n) is 8.89. The van der Waals surface area contributed by atoms with E-state index in [0.29, 0.717) is 0 Å². The fraction of sp³-hybridized carbons (Fsp3) is 0.889. The van der Waals surface area contributed by atoms with Crippen molar-refractivity contribution in [3.63, 3.8) is 0 Å². The van der Waals surface area contributed by atoms with Gasteiger partial charge in [0.25, 0.3) is 0 Å². The van der Waals surface area contributed by atoms with Gasteiger partial charge in [0.2, 0.25) is 5.91 Å². The summed E-state index contributed by atoms with van der Waals surface area (Å²) in [4.78, 5) is 12.3. The molecule has 1 amide bonds. The molecule has 94 valence electrons. The molecule has 0 unspecified atom stereocenters. The Morgan fingerprint density at radius 1 is 1.44 bits per heavy atom. The van der Waals surface area contributed by atoms with Crippen LogP contribution in [0.3, 0.4) is 0 Å². The first kappa shape index (κ1) is 13.2. The van der Waals surface area contributed by atoms with E-state index >= 15 is 0 Å². The largest absolute Gasteiger partial charge is 0.401 e. The molecule has 16 heavy (non-hydrogen) atoms. The minimum absolute atomic E-state index is 0.0671. The molecule has 7 heteroatoms. The number of alkyl halides is 3. The Kier molecular flexibility index (Phi) is 4.55. The van der Waals surface area contributed by atoms with Crippen molar-refractivity contribution in [3.8, 4) is 0 Å². The Labute approximate surface area is 92.0 Å². The highest BCUT2D eigenvalue weighted by Crippen LogP contribution is 2.19. The van der Waals surface area contributed by atoms with Crippen molar-refractivity contribution in [3.05, 3.63) is 0 Å². The minimum atomic E-state index is -4.30. The van der Waals surface area contributed by atoms with Crippen molar-refractivity contribution in [2.24, 2.45) is 5.73 Å². The van der Waals surface area contributed by atoms with E-state index < -0.39 is 12.7 Å². The molecule has 1 saturated carbocycles. The number of nitrogens with one attached hydrogen (secondary N) is 1. The van der Waals surface area contributed by atoms with Gasteiger partial charge in [-0.25, -0.2) is 0 Å². The molecule has 0 heterocycles. The average Bonchev–Trinajstić information content (AvgIpc) is 2.84. The Morgan fingerprint density at radius 3 is 2.50 bits per heavy atom. The van der Waals surface area contributed by atoms with Crippen LogP contribution in [0.25, 0.3) is 0 Å². The maximum Gasteiger partial charge on any atom is 0.401 e. The van der Waals surface area contributed by atoms with Crippen molar-refractivity contribution < 1.29 is 18.0 Å². The van der Waals surface area contributed by atoms with Gasteiger partial charge in [-0.05, 0) is 12.8 Å². The van der Waals surface area contributed by atoms with Crippen molar-refractivity contribution in [1.29, 1.82) is 0 Å². The van der Waals surface area contributed by atoms with Gasteiger partial charge >= 0.3 is 6.18 Å². The second-order valence-corrected chi connectivity index (χ2v) is 3.96. The SMILES string of the molecule is NCCN(CC(=O)NC1CC1)CC(F)(F)F. The van der Waals surface area contributed by atoms with Crippen LogP contribution < -0.4 is 11.1 Å². The highest BCUT2D eigenvalue weighted by atomic mass is 19.4. The Hall–Kier alpha value is -0.820. The van der Waals surface area contributed by atoms with Crippen LogP contribution >= 0.6 is 0 Å². The lowest BCUT2D eigenvalue weighted by atomic mass is 10.4. The molecule has 1 aliphatic carbocycles. The van der Waals surface area contributed by atoms with E-state index in [1.807, 2.05) is 0 Å². The van der Waals surface area contributed by atoms with E-state index in [1.54, 1.807) is 0 Å². The van der Waals surface area contributed by atoms with Crippen LogP contribution in [0.5, 0.6) is 0 Å².